The van der Waals surface area contributed by atoms with Crippen molar-refractivity contribution in [3.05, 3.63) is 59.7 Å². The minimum absolute atomic E-state index is 0.0369. The molecule has 0 radical (unpaired) electrons. The largest absolute Gasteiger partial charge is 0.369 e. The Morgan fingerprint density at radius 3 is 2.63 bits per heavy atom. The van der Waals surface area contributed by atoms with Crippen molar-refractivity contribution in [3.8, 4) is 0 Å². The van der Waals surface area contributed by atoms with Gasteiger partial charge >= 0.3 is 0 Å². The van der Waals surface area contributed by atoms with E-state index in [1.54, 1.807) is 6.20 Å². The molecule has 4 rings (SSSR count). The molecule has 160 valence electrons. The number of carbonyl (C=O) groups excluding carboxylic acids is 1. The fourth-order valence-electron chi connectivity index (χ4n) is 4.59. The first-order valence-corrected chi connectivity index (χ1v) is 11.1. The average Bonchev–Trinajstić information content (AvgIpc) is 2.92. The lowest BCUT2D eigenvalue weighted by atomic mass is 9.94. The number of aromatic nitrogens is 2. The van der Waals surface area contributed by atoms with Crippen LogP contribution in [0.25, 0.3) is 0 Å². The van der Waals surface area contributed by atoms with Gasteiger partial charge < -0.3 is 9.64 Å². The summed E-state index contributed by atoms with van der Waals surface area (Å²) in [5, 5.41) is 0. The Labute approximate surface area is 179 Å². The zero-order valence-electron chi connectivity index (χ0n) is 17.9. The molecule has 1 aliphatic heterocycles. The van der Waals surface area contributed by atoms with Crippen LogP contribution in [0.2, 0.25) is 0 Å². The van der Waals surface area contributed by atoms with Gasteiger partial charge in [-0.2, -0.15) is 0 Å². The number of nitrogens with zero attached hydrogens (tertiary/aromatic N) is 4. The molecule has 1 saturated carbocycles. The van der Waals surface area contributed by atoms with Crippen molar-refractivity contribution in [2.75, 3.05) is 19.6 Å². The van der Waals surface area contributed by atoms with Gasteiger partial charge in [-0.15, -0.1) is 0 Å². The van der Waals surface area contributed by atoms with Crippen molar-refractivity contribution in [1.29, 1.82) is 0 Å². The summed E-state index contributed by atoms with van der Waals surface area (Å²) in [6.45, 7) is 4.94. The molecule has 1 saturated heterocycles. The first-order chi connectivity index (χ1) is 14.7. The van der Waals surface area contributed by atoms with Gasteiger partial charge in [0.2, 0.25) is 5.91 Å². The molecule has 6 nitrogen and oxygen atoms in total. The molecule has 6 heteroatoms. The predicted octanol–water partition coefficient (Wildman–Crippen LogP) is 3.35. The SMILES string of the molecule is Cc1cccc(CN2CC(=O)N(C3CCCCC3)CC(OCc3ccccn3)C2)n1. The summed E-state index contributed by atoms with van der Waals surface area (Å²) in [6.07, 6.45) is 7.68. The normalized spacial score (nSPS) is 21.6. The van der Waals surface area contributed by atoms with E-state index in [1.807, 2.05) is 43.3 Å². The van der Waals surface area contributed by atoms with Crippen LogP contribution in [-0.2, 0) is 22.7 Å². The van der Waals surface area contributed by atoms with E-state index in [9.17, 15) is 4.79 Å². The van der Waals surface area contributed by atoms with Gasteiger partial charge in [0.15, 0.2) is 0 Å². The van der Waals surface area contributed by atoms with Crippen molar-refractivity contribution in [1.82, 2.24) is 19.8 Å². The Balaban J connectivity index is 1.48. The minimum Gasteiger partial charge on any atom is -0.369 e. The van der Waals surface area contributed by atoms with Gasteiger partial charge in [0.05, 0.1) is 30.6 Å². The van der Waals surface area contributed by atoms with Crippen LogP contribution in [0.5, 0.6) is 0 Å². The molecular weight excluding hydrogens is 376 g/mol. The molecule has 3 heterocycles. The molecule has 1 atom stereocenters. The summed E-state index contributed by atoms with van der Waals surface area (Å²) in [6, 6.07) is 12.3. The third kappa shape index (κ3) is 5.64. The average molecular weight is 409 g/mol. The smallest absolute Gasteiger partial charge is 0.237 e. The summed E-state index contributed by atoms with van der Waals surface area (Å²) < 4.78 is 6.29. The zero-order valence-corrected chi connectivity index (χ0v) is 17.9. The molecule has 2 aromatic rings. The number of rotatable bonds is 6. The van der Waals surface area contributed by atoms with Gasteiger partial charge in [-0.1, -0.05) is 31.4 Å². The lowest BCUT2D eigenvalue weighted by molar-refractivity contribution is -0.135. The maximum atomic E-state index is 13.2. The second-order valence-corrected chi connectivity index (χ2v) is 8.53. The van der Waals surface area contributed by atoms with Crippen LogP contribution in [0.15, 0.2) is 42.6 Å². The number of pyridine rings is 2. The van der Waals surface area contributed by atoms with Crippen molar-refractivity contribution < 1.29 is 9.53 Å². The van der Waals surface area contributed by atoms with Gasteiger partial charge in [-0.25, -0.2) is 0 Å². The summed E-state index contributed by atoms with van der Waals surface area (Å²) in [5.41, 5.74) is 2.92. The summed E-state index contributed by atoms with van der Waals surface area (Å²) in [7, 11) is 0. The number of carbonyl (C=O) groups is 1. The quantitative estimate of drug-likeness (QED) is 0.734. The third-order valence-corrected chi connectivity index (χ3v) is 6.08. The van der Waals surface area contributed by atoms with Crippen LogP contribution in [0.1, 0.15) is 49.2 Å². The minimum atomic E-state index is -0.0369. The topological polar surface area (TPSA) is 58.6 Å². The first kappa shape index (κ1) is 20.9. The number of aryl methyl sites for hydroxylation is 1. The van der Waals surface area contributed by atoms with Crippen molar-refractivity contribution in [2.24, 2.45) is 0 Å². The van der Waals surface area contributed by atoms with Crippen molar-refractivity contribution in [2.45, 2.75) is 64.3 Å². The zero-order chi connectivity index (χ0) is 20.8. The molecule has 0 N–H and O–H groups in total. The Morgan fingerprint density at radius 2 is 1.87 bits per heavy atom. The van der Waals surface area contributed by atoms with E-state index in [2.05, 4.69) is 19.8 Å². The number of hydrogen-bond donors (Lipinski definition) is 0. The highest BCUT2D eigenvalue weighted by molar-refractivity contribution is 5.79. The Kier molecular flexibility index (Phi) is 7.07. The fraction of sp³-hybridized carbons (Fsp3) is 0.542. The van der Waals surface area contributed by atoms with Gasteiger partial charge in [-0.05, 0) is 44.0 Å². The van der Waals surface area contributed by atoms with Crippen LogP contribution in [0.4, 0.5) is 0 Å². The molecule has 1 unspecified atom stereocenters. The molecule has 0 bridgehead atoms. The molecule has 2 aliphatic rings. The molecule has 30 heavy (non-hydrogen) atoms. The molecular formula is C24H32N4O2. The molecule has 2 fully saturated rings. The first-order valence-electron chi connectivity index (χ1n) is 11.1. The highest BCUT2D eigenvalue weighted by Crippen LogP contribution is 2.25. The number of ether oxygens (including phenoxy) is 1. The van der Waals surface area contributed by atoms with Crippen LogP contribution in [-0.4, -0.2) is 57.5 Å². The van der Waals surface area contributed by atoms with Gasteiger partial charge in [0, 0.05) is 37.6 Å². The van der Waals surface area contributed by atoms with Crippen molar-refractivity contribution >= 4 is 5.91 Å². The highest BCUT2D eigenvalue weighted by Gasteiger charge is 2.33. The maximum absolute atomic E-state index is 13.2. The lowest BCUT2D eigenvalue weighted by Gasteiger charge is -2.35. The Hall–Kier alpha value is -2.31. The fourth-order valence-corrected chi connectivity index (χ4v) is 4.59. The van der Waals surface area contributed by atoms with Crippen LogP contribution in [0.3, 0.4) is 0 Å². The third-order valence-electron chi connectivity index (χ3n) is 6.08. The van der Waals surface area contributed by atoms with E-state index in [-0.39, 0.29) is 12.0 Å². The summed E-state index contributed by atoms with van der Waals surface area (Å²) in [4.78, 5) is 26.5. The number of amides is 1. The van der Waals surface area contributed by atoms with Crippen molar-refractivity contribution in [3.63, 3.8) is 0 Å². The standard InChI is InChI=1S/C24H32N4O2/c1-19-8-7-10-20(26-19)14-27-15-23(30-18-21-9-5-6-13-25-21)16-28(24(29)17-27)22-11-3-2-4-12-22/h5-10,13,22-23H,2-4,11-12,14-18H2,1H3. The summed E-state index contributed by atoms with van der Waals surface area (Å²) >= 11 is 0. The van der Waals surface area contributed by atoms with E-state index in [4.69, 9.17) is 4.74 Å². The monoisotopic (exact) mass is 408 g/mol. The predicted molar refractivity (Wildman–Crippen MR) is 116 cm³/mol. The number of hydrogen-bond acceptors (Lipinski definition) is 5. The summed E-state index contributed by atoms with van der Waals surface area (Å²) in [5.74, 6) is 0.221. The van der Waals surface area contributed by atoms with E-state index >= 15 is 0 Å². The maximum Gasteiger partial charge on any atom is 0.237 e. The second kappa shape index (κ2) is 10.1. The highest BCUT2D eigenvalue weighted by atomic mass is 16.5. The molecule has 1 aliphatic carbocycles. The van der Waals surface area contributed by atoms with E-state index in [0.29, 0.717) is 32.3 Å². The van der Waals surface area contributed by atoms with Crippen LogP contribution in [0, 0.1) is 6.92 Å². The van der Waals surface area contributed by atoms with Gasteiger partial charge in [0.1, 0.15) is 0 Å². The second-order valence-electron chi connectivity index (χ2n) is 8.53. The van der Waals surface area contributed by atoms with Gasteiger partial charge in [0.25, 0.3) is 0 Å². The molecule has 0 spiro atoms. The molecule has 1 amide bonds. The Morgan fingerprint density at radius 1 is 1.03 bits per heavy atom. The lowest BCUT2D eigenvalue weighted by Crippen LogP contribution is -2.45. The van der Waals surface area contributed by atoms with Crippen LogP contribution < -0.4 is 0 Å². The molecule has 2 aromatic heterocycles. The van der Waals surface area contributed by atoms with E-state index in [1.165, 1.54) is 19.3 Å². The van der Waals surface area contributed by atoms with Crippen LogP contribution >= 0.6 is 0 Å². The van der Waals surface area contributed by atoms with E-state index < -0.39 is 0 Å². The van der Waals surface area contributed by atoms with Gasteiger partial charge in [-0.3, -0.25) is 19.7 Å². The Bertz CT molecular complexity index is 823. The van der Waals surface area contributed by atoms with E-state index in [0.717, 1.165) is 36.5 Å². The molecule has 0 aromatic carbocycles.